The van der Waals surface area contributed by atoms with Gasteiger partial charge in [-0.2, -0.15) is 0 Å². The molecule has 0 aliphatic carbocycles. The van der Waals surface area contributed by atoms with E-state index in [-0.39, 0.29) is 24.9 Å². The van der Waals surface area contributed by atoms with Crippen LogP contribution in [0.3, 0.4) is 0 Å². The maximum Gasteiger partial charge on any atom is 0.249 e. The highest BCUT2D eigenvalue weighted by atomic mass is 16.2. The molecule has 0 unspecified atom stereocenters. The average Bonchev–Trinajstić information content (AvgIpc) is 2.91. The van der Waals surface area contributed by atoms with Crippen molar-refractivity contribution in [3.63, 3.8) is 0 Å². The number of anilines is 1. The molecule has 0 bridgehead atoms. The number of rotatable bonds is 5. The van der Waals surface area contributed by atoms with Crippen LogP contribution in [0.2, 0.25) is 0 Å². The van der Waals surface area contributed by atoms with E-state index in [9.17, 15) is 9.59 Å². The van der Waals surface area contributed by atoms with Crippen LogP contribution in [0.4, 0.5) is 5.69 Å². The van der Waals surface area contributed by atoms with Gasteiger partial charge in [-0.1, -0.05) is 78.9 Å². The van der Waals surface area contributed by atoms with Gasteiger partial charge < -0.3 is 10.2 Å². The minimum absolute atomic E-state index is 0.00483. The number of benzene rings is 3. The molecule has 5 nitrogen and oxygen atoms in total. The normalized spacial score (nSPS) is 13.3. The van der Waals surface area contributed by atoms with E-state index in [0.717, 1.165) is 22.4 Å². The summed E-state index contributed by atoms with van der Waals surface area (Å²) in [7, 11) is 0. The Kier molecular flexibility index (Phi) is 5.47. The smallest absolute Gasteiger partial charge is 0.249 e. The van der Waals surface area contributed by atoms with Crippen molar-refractivity contribution >= 4 is 23.2 Å². The summed E-state index contributed by atoms with van der Waals surface area (Å²) in [4.78, 5) is 31.4. The third-order valence-corrected chi connectivity index (χ3v) is 4.80. The van der Waals surface area contributed by atoms with Gasteiger partial charge in [-0.3, -0.25) is 14.6 Å². The zero-order chi connectivity index (χ0) is 20.1. The van der Waals surface area contributed by atoms with Crippen molar-refractivity contribution in [2.45, 2.75) is 6.54 Å². The molecule has 0 radical (unpaired) electrons. The van der Waals surface area contributed by atoms with Crippen LogP contribution >= 0.6 is 0 Å². The number of fused-ring (bicyclic) bond motifs is 1. The molecule has 3 aromatic rings. The van der Waals surface area contributed by atoms with Crippen molar-refractivity contribution in [1.29, 1.82) is 0 Å². The Hall–Kier alpha value is -3.73. The van der Waals surface area contributed by atoms with Gasteiger partial charge in [-0.25, -0.2) is 0 Å². The second-order valence-corrected chi connectivity index (χ2v) is 6.79. The number of amides is 2. The van der Waals surface area contributed by atoms with Crippen molar-refractivity contribution in [3.8, 4) is 0 Å². The standard InChI is InChI=1S/C24H21N3O2/c28-22(25-15-18-9-3-1-4-10-18)17-27-21-14-8-7-13-20(21)24(26-16-23(27)29)19-11-5-2-6-12-19/h1-14H,15-17H2,(H,25,28). The summed E-state index contributed by atoms with van der Waals surface area (Å²) in [6.07, 6.45) is 0. The van der Waals surface area contributed by atoms with Crippen LogP contribution in [0.5, 0.6) is 0 Å². The van der Waals surface area contributed by atoms with Gasteiger partial charge in [0, 0.05) is 17.7 Å². The van der Waals surface area contributed by atoms with Crippen molar-refractivity contribution in [3.05, 3.63) is 102 Å². The summed E-state index contributed by atoms with van der Waals surface area (Å²) < 4.78 is 0. The highest BCUT2D eigenvalue weighted by Gasteiger charge is 2.26. The monoisotopic (exact) mass is 383 g/mol. The van der Waals surface area contributed by atoms with Crippen LogP contribution in [0.25, 0.3) is 0 Å². The summed E-state index contributed by atoms with van der Waals surface area (Å²) in [5.74, 6) is -0.404. The molecule has 0 spiro atoms. The number of benzodiazepines with no additional fused rings is 1. The second kappa shape index (κ2) is 8.52. The third kappa shape index (κ3) is 4.24. The molecule has 2 amide bonds. The number of nitrogens with one attached hydrogen (secondary N) is 1. The molecule has 1 heterocycles. The number of nitrogens with zero attached hydrogens (tertiary/aromatic N) is 2. The lowest BCUT2D eigenvalue weighted by molar-refractivity contribution is -0.123. The minimum atomic E-state index is -0.208. The summed E-state index contributed by atoms with van der Waals surface area (Å²) in [5, 5.41) is 2.89. The van der Waals surface area contributed by atoms with Crippen molar-refractivity contribution in [2.24, 2.45) is 4.99 Å². The highest BCUT2D eigenvalue weighted by Crippen LogP contribution is 2.26. The summed E-state index contributed by atoms with van der Waals surface area (Å²) >= 11 is 0. The van der Waals surface area contributed by atoms with Crippen LogP contribution in [0.15, 0.2) is 89.9 Å². The SMILES string of the molecule is O=C(CN1C(=O)CN=C(c2ccccc2)c2ccccc21)NCc1ccccc1. The first-order chi connectivity index (χ1) is 14.2. The van der Waals surface area contributed by atoms with E-state index in [2.05, 4.69) is 10.3 Å². The lowest BCUT2D eigenvalue weighted by Gasteiger charge is -2.22. The molecule has 3 aromatic carbocycles. The molecule has 0 saturated heterocycles. The van der Waals surface area contributed by atoms with E-state index < -0.39 is 0 Å². The fraction of sp³-hybridized carbons (Fsp3) is 0.125. The van der Waals surface area contributed by atoms with Crippen molar-refractivity contribution in [1.82, 2.24) is 5.32 Å². The Morgan fingerprint density at radius 3 is 2.31 bits per heavy atom. The van der Waals surface area contributed by atoms with E-state index in [1.807, 2.05) is 84.9 Å². The van der Waals surface area contributed by atoms with Gasteiger partial charge in [0.1, 0.15) is 13.1 Å². The molecule has 29 heavy (non-hydrogen) atoms. The third-order valence-electron chi connectivity index (χ3n) is 4.80. The van der Waals surface area contributed by atoms with E-state index in [1.54, 1.807) is 0 Å². The Balaban J connectivity index is 1.57. The largest absolute Gasteiger partial charge is 0.350 e. The van der Waals surface area contributed by atoms with Gasteiger partial charge in [-0.05, 0) is 11.6 Å². The molecular formula is C24H21N3O2. The average molecular weight is 383 g/mol. The number of carbonyl (C=O) groups excluding carboxylic acids is 2. The summed E-state index contributed by atoms with van der Waals surface area (Å²) in [6, 6.07) is 27.1. The van der Waals surface area contributed by atoms with Crippen LogP contribution in [-0.4, -0.2) is 30.6 Å². The van der Waals surface area contributed by atoms with Crippen molar-refractivity contribution < 1.29 is 9.59 Å². The first-order valence-corrected chi connectivity index (χ1v) is 9.52. The van der Waals surface area contributed by atoms with Crippen LogP contribution < -0.4 is 10.2 Å². The van der Waals surface area contributed by atoms with E-state index >= 15 is 0 Å². The molecule has 5 heteroatoms. The van der Waals surface area contributed by atoms with E-state index in [0.29, 0.717) is 12.2 Å². The maximum absolute atomic E-state index is 12.8. The second-order valence-electron chi connectivity index (χ2n) is 6.79. The number of aliphatic imine (C=N–C) groups is 1. The molecule has 1 aliphatic heterocycles. The van der Waals surface area contributed by atoms with Gasteiger partial charge in [-0.15, -0.1) is 0 Å². The van der Waals surface area contributed by atoms with Gasteiger partial charge in [0.2, 0.25) is 11.8 Å². The molecule has 1 N–H and O–H groups in total. The first-order valence-electron chi connectivity index (χ1n) is 9.52. The van der Waals surface area contributed by atoms with Gasteiger partial charge >= 0.3 is 0 Å². The van der Waals surface area contributed by atoms with Gasteiger partial charge in [0.25, 0.3) is 0 Å². The molecular weight excluding hydrogens is 362 g/mol. The number of hydrogen-bond donors (Lipinski definition) is 1. The lowest BCUT2D eigenvalue weighted by atomic mass is 10.0. The Morgan fingerprint density at radius 1 is 0.897 bits per heavy atom. The van der Waals surface area contributed by atoms with Crippen molar-refractivity contribution in [2.75, 3.05) is 18.0 Å². The van der Waals surface area contributed by atoms with Crippen LogP contribution in [-0.2, 0) is 16.1 Å². The summed E-state index contributed by atoms with van der Waals surface area (Å²) in [5.41, 5.74) is 4.27. The first kappa shape index (κ1) is 18.6. The summed E-state index contributed by atoms with van der Waals surface area (Å²) in [6.45, 7) is 0.389. The predicted octanol–water partition coefficient (Wildman–Crippen LogP) is 3.19. The zero-order valence-corrected chi connectivity index (χ0v) is 15.9. The molecule has 1 aliphatic rings. The number of para-hydroxylation sites is 1. The minimum Gasteiger partial charge on any atom is -0.350 e. The molecule has 144 valence electrons. The highest BCUT2D eigenvalue weighted by molar-refractivity contribution is 6.20. The zero-order valence-electron chi connectivity index (χ0n) is 15.9. The number of carbonyl (C=O) groups is 2. The molecule has 0 aromatic heterocycles. The van der Waals surface area contributed by atoms with Crippen LogP contribution in [0, 0.1) is 0 Å². The van der Waals surface area contributed by atoms with Gasteiger partial charge in [0.15, 0.2) is 0 Å². The van der Waals surface area contributed by atoms with E-state index in [1.165, 1.54) is 4.90 Å². The predicted molar refractivity (Wildman–Crippen MR) is 114 cm³/mol. The fourth-order valence-corrected chi connectivity index (χ4v) is 3.37. The molecule has 0 saturated carbocycles. The fourth-order valence-electron chi connectivity index (χ4n) is 3.37. The van der Waals surface area contributed by atoms with E-state index in [4.69, 9.17) is 0 Å². The van der Waals surface area contributed by atoms with Crippen LogP contribution in [0.1, 0.15) is 16.7 Å². The number of hydrogen-bond acceptors (Lipinski definition) is 3. The lowest BCUT2D eigenvalue weighted by Crippen LogP contribution is -2.41. The topological polar surface area (TPSA) is 61.8 Å². The maximum atomic E-state index is 12.8. The Labute approximate surface area is 169 Å². The quantitative estimate of drug-likeness (QED) is 0.736. The molecule has 0 fully saturated rings. The molecule has 0 atom stereocenters. The molecule has 4 rings (SSSR count). The Bertz CT molecular complexity index is 1050. The Morgan fingerprint density at radius 2 is 1.55 bits per heavy atom. The van der Waals surface area contributed by atoms with Gasteiger partial charge in [0.05, 0.1) is 11.4 Å².